The van der Waals surface area contributed by atoms with Crippen LogP contribution in [0.25, 0.3) is 39.0 Å². The molecule has 0 spiro atoms. The summed E-state index contributed by atoms with van der Waals surface area (Å²) in [6.07, 6.45) is 1.75. The molecule has 0 bridgehead atoms. The van der Waals surface area contributed by atoms with E-state index in [0.29, 0.717) is 45.8 Å². The van der Waals surface area contributed by atoms with Crippen molar-refractivity contribution in [3.63, 3.8) is 0 Å². The molecule has 3 aromatic heterocycles. The van der Waals surface area contributed by atoms with Gasteiger partial charge in [0, 0.05) is 46.0 Å². The molecule has 4 heterocycles. The van der Waals surface area contributed by atoms with Crippen LogP contribution >= 0.6 is 0 Å². The Balaban J connectivity index is 1.25. The van der Waals surface area contributed by atoms with Crippen molar-refractivity contribution < 1.29 is 10.2 Å². The van der Waals surface area contributed by atoms with Crippen LogP contribution in [0.5, 0.6) is 11.5 Å². The lowest BCUT2D eigenvalue weighted by Gasteiger charge is -2.33. The highest BCUT2D eigenvalue weighted by molar-refractivity contribution is 6.09. The molecule has 0 atom stereocenters. The third kappa shape index (κ3) is 4.48. The Morgan fingerprint density at radius 2 is 1.64 bits per heavy atom. The number of ether oxygens (including phenoxy) is 1. The van der Waals surface area contributed by atoms with E-state index in [4.69, 9.17) is 20.2 Å². The molecule has 0 N–H and O–H groups in total. The van der Waals surface area contributed by atoms with Crippen LogP contribution in [-0.2, 0) is 12.1 Å². The van der Waals surface area contributed by atoms with Gasteiger partial charge in [0.15, 0.2) is 0 Å². The Labute approximate surface area is 268 Å². The van der Waals surface area contributed by atoms with E-state index in [1.165, 1.54) is 0 Å². The summed E-state index contributed by atoms with van der Waals surface area (Å²) in [4.78, 5) is 11.8. The summed E-state index contributed by atoms with van der Waals surface area (Å²) in [5.41, 5.74) is 7.25. The second kappa shape index (κ2) is 10.1. The number of anilines is 2. The first-order valence-electron chi connectivity index (χ1n) is 17.1. The van der Waals surface area contributed by atoms with E-state index in [1.54, 1.807) is 6.20 Å². The van der Waals surface area contributed by atoms with Gasteiger partial charge in [0.25, 0.3) is 0 Å². The molecule has 222 valence electrons. The molecule has 1 aliphatic rings. The van der Waals surface area contributed by atoms with E-state index in [0.717, 1.165) is 39.7 Å². The topological polar surface area (TPSA) is 48.1 Å². The van der Waals surface area contributed by atoms with Crippen molar-refractivity contribution in [3.05, 3.63) is 126 Å². The van der Waals surface area contributed by atoms with Gasteiger partial charge < -0.3 is 14.2 Å². The molecule has 0 aliphatic carbocycles. The maximum atomic E-state index is 8.91. The molecule has 6 nitrogen and oxygen atoms in total. The number of hydrogen-bond donors (Lipinski definition) is 0. The number of hydrogen-bond acceptors (Lipinski definition) is 4. The number of fused-ring (bicyclic) bond motifs is 6. The van der Waals surface area contributed by atoms with Crippen LogP contribution in [0.2, 0.25) is 0 Å². The summed E-state index contributed by atoms with van der Waals surface area (Å²) in [6.45, 7) is 11.2. The predicted octanol–water partition coefficient (Wildman–Crippen LogP) is 9.86. The van der Waals surface area contributed by atoms with E-state index < -0.39 is 0 Å². The number of rotatable bonds is 4. The molecule has 4 aromatic carbocycles. The first-order valence-corrected chi connectivity index (χ1v) is 15.1. The van der Waals surface area contributed by atoms with Crippen LogP contribution in [0.3, 0.4) is 0 Å². The molecule has 0 radical (unpaired) electrons. The average molecular weight is 594 g/mol. The van der Waals surface area contributed by atoms with Crippen molar-refractivity contribution >= 4 is 33.2 Å². The van der Waals surface area contributed by atoms with Crippen LogP contribution in [0.4, 0.5) is 11.4 Å². The van der Waals surface area contributed by atoms with Gasteiger partial charge in [-0.1, -0.05) is 57.1 Å². The van der Waals surface area contributed by atoms with Crippen LogP contribution in [-0.4, -0.2) is 19.1 Å². The molecule has 0 saturated carbocycles. The molecular weight excluding hydrogens is 554 g/mol. The normalized spacial score (nSPS) is 14.1. The minimum atomic E-state index is -0.283. The fourth-order valence-electron chi connectivity index (χ4n) is 6.23. The zero-order valence-electron chi connectivity index (χ0n) is 29.9. The Bertz CT molecular complexity index is 2480. The summed E-state index contributed by atoms with van der Waals surface area (Å²) >= 11 is 0. The summed E-state index contributed by atoms with van der Waals surface area (Å²) < 4.78 is 45.2. The Morgan fingerprint density at radius 1 is 0.822 bits per heavy atom. The number of para-hydroxylation sites is 2. The number of aromatic nitrogens is 4. The van der Waals surface area contributed by atoms with Gasteiger partial charge in [0.2, 0.25) is 0 Å². The van der Waals surface area contributed by atoms with Gasteiger partial charge in [-0.25, -0.2) is 9.97 Å². The minimum Gasteiger partial charge on any atom is -0.457 e. The van der Waals surface area contributed by atoms with Gasteiger partial charge in [-0.2, -0.15) is 0 Å². The molecular formula is C39H35N5O. The van der Waals surface area contributed by atoms with Crippen molar-refractivity contribution in [1.82, 2.24) is 19.1 Å². The fraction of sp³-hybridized carbons (Fsp3) is 0.179. The standard InChI is InChI=1S/C39H35N5O/c1-25-26(2)42-24-43(34-15-8-7-14-33(34)38(42)41-25)28-11-10-12-29(22-28)45-30-17-18-32-31-13-6-9-16-35(31)44(36(32)23-30)37-21-27(19-20-40-37)39(3,4)5/h6-23H,24H2,1-5H3/i6D,9D,13D,16D. The molecule has 6 heteroatoms. The van der Waals surface area contributed by atoms with Gasteiger partial charge in [-0.3, -0.25) is 4.57 Å². The lowest BCUT2D eigenvalue weighted by Crippen LogP contribution is -2.26. The SMILES string of the molecule is [2H]c1c([2H])c([2H])c2c(c1[2H])c1ccc(Oc3cccc(N4Cn5c(nc(C)c5C)-c5ccccc54)c3)cc1n2-c1cc(C(C)(C)C)ccn1. The molecule has 7 aromatic rings. The maximum Gasteiger partial charge on any atom is 0.144 e. The number of nitrogens with zero attached hydrogens (tertiary/aromatic N) is 5. The second-order valence-corrected chi connectivity index (χ2v) is 12.6. The highest BCUT2D eigenvalue weighted by Crippen LogP contribution is 2.42. The van der Waals surface area contributed by atoms with Crippen molar-refractivity contribution in [2.24, 2.45) is 0 Å². The van der Waals surface area contributed by atoms with Gasteiger partial charge in [0.1, 0.15) is 29.8 Å². The van der Waals surface area contributed by atoms with Crippen molar-refractivity contribution in [2.45, 2.75) is 46.7 Å². The number of aryl methyl sites for hydroxylation is 1. The zero-order chi connectivity index (χ0) is 34.4. The quantitative estimate of drug-likeness (QED) is 0.204. The molecule has 0 unspecified atom stereocenters. The lowest BCUT2D eigenvalue weighted by atomic mass is 9.88. The highest BCUT2D eigenvalue weighted by atomic mass is 16.5. The van der Waals surface area contributed by atoms with Crippen LogP contribution in [0.1, 0.15) is 43.2 Å². The van der Waals surface area contributed by atoms with Gasteiger partial charge in [-0.05, 0) is 79.4 Å². The third-order valence-corrected chi connectivity index (χ3v) is 8.75. The Kier molecular flexibility index (Phi) is 5.18. The second-order valence-electron chi connectivity index (χ2n) is 12.6. The van der Waals surface area contributed by atoms with Crippen molar-refractivity contribution in [2.75, 3.05) is 4.90 Å². The molecule has 0 saturated heterocycles. The summed E-state index contributed by atoms with van der Waals surface area (Å²) in [7, 11) is 0. The molecule has 0 fully saturated rings. The van der Waals surface area contributed by atoms with E-state index >= 15 is 0 Å². The van der Waals surface area contributed by atoms with Crippen LogP contribution in [0, 0.1) is 13.8 Å². The van der Waals surface area contributed by atoms with Crippen LogP contribution in [0.15, 0.2) is 109 Å². The lowest BCUT2D eigenvalue weighted by molar-refractivity contribution is 0.483. The summed E-state index contributed by atoms with van der Waals surface area (Å²) in [6, 6.07) is 25.1. The minimum absolute atomic E-state index is 0.0820. The van der Waals surface area contributed by atoms with E-state index in [1.807, 2.05) is 72.2 Å². The molecule has 8 rings (SSSR count). The summed E-state index contributed by atoms with van der Waals surface area (Å²) in [5, 5.41) is 1.14. The Morgan fingerprint density at radius 3 is 2.51 bits per heavy atom. The smallest absolute Gasteiger partial charge is 0.144 e. The predicted molar refractivity (Wildman–Crippen MR) is 183 cm³/mol. The van der Waals surface area contributed by atoms with Crippen LogP contribution < -0.4 is 9.64 Å². The largest absolute Gasteiger partial charge is 0.457 e. The first-order chi connectivity index (χ1) is 23.4. The maximum absolute atomic E-state index is 8.91. The van der Waals surface area contributed by atoms with Crippen molar-refractivity contribution in [1.29, 1.82) is 0 Å². The number of benzene rings is 4. The van der Waals surface area contributed by atoms with Gasteiger partial charge in [-0.15, -0.1) is 0 Å². The zero-order valence-corrected chi connectivity index (χ0v) is 25.9. The van der Waals surface area contributed by atoms with Crippen molar-refractivity contribution in [3.8, 4) is 28.7 Å². The summed E-state index contributed by atoms with van der Waals surface area (Å²) in [5.74, 6) is 2.77. The first kappa shape index (κ1) is 23.1. The third-order valence-electron chi connectivity index (χ3n) is 8.75. The van der Waals surface area contributed by atoms with E-state index in [-0.39, 0.29) is 29.6 Å². The van der Waals surface area contributed by atoms with E-state index in [9.17, 15) is 0 Å². The number of imidazole rings is 1. The van der Waals surface area contributed by atoms with Gasteiger partial charge in [0.05, 0.1) is 27.9 Å². The molecule has 1 aliphatic heterocycles. The monoisotopic (exact) mass is 593 g/mol. The fourth-order valence-corrected chi connectivity index (χ4v) is 6.23. The highest BCUT2D eigenvalue weighted by Gasteiger charge is 2.26. The Hall–Kier alpha value is -5.36. The molecule has 0 amide bonds. The van der Waals surface area contributed by atoms with E-state index in [2.05, 4.69) is 55.4 Å². The average Bonchev–Trinajstić information content (AvgIpc) is 3.59. The van der Waals surface area contributed by atoms with Gasteiger partial charge >= 0.3 is 0 Å². The molecule has 45 heavy (non-hydrogen) atoms. The number of pyridine rings is 1.